The molecule has 2 aromatic heterocycles. The fourth-order valence-electron chi connectivity index (χ4n) is 1.45. The van der Waals surface area contributed by atoms with Gasteiger partial charge in [0.05, 0.1) is 5.52 Å². The average molecular weight is 269 g/mol. The van der Waals surface area contributed by atoms with Gasteiger partial charge in [-0.15, -0.1) is 0 Å². The maximum atomic E-state index is 12.2. The van der Waals surface area contributed by atoms with Crippen molar-refractivity contribution in [2.45, 2.75) is 12.7 Å². The van der Waals surface area contributed by atoms with Gasteiger partial charge in [-0.1, -0.05) is 23.2 Å². The summed E-state index contributed by atoms with van der Waals surface area (Å²) in [6.45, 7) is -1.08. The minimum absolute atomic E-state index is 0.0691. The van der Waals surface area contributed by atoms with E-state index in [1.54, 1.807) is 0 Å². The van der Waals surface area contributed by atoms with Crippen LogP contribution in [0.2, 0.25) is 10.3 Å². The Morgan fingerprint density at radius 2 is 2.00 bits per heavy atom. The van der Waals surface area contributed by atoms with Gasteiger partial charge in [0.2, 0.25) is 0 Å². The molecule has 86 valence electrons. The van der Waals surface area contributed by atoms with E-state index in [9.17, 15) is 13.2 Å². The Morgan fingerprint density at radius 3 is 2.62 bits per heavy atom. The first-order valence-electron chi connectivity index (χ1n) is 4.24. The highest BCUT2D eigenvalue weighted by Crippen LogP contribution is 2.28. The number of rotatable bonds is 1. The second kappa shape index (κ2) is 3.82. The average Bonchev–Trinajstić information content (AvgIpc) is 2.46. The Kier molecular flexibility index (Phi) is 2.75. The molecule has 2 rings (SSSR count). The molecule has 0 unspecified atom stereocenters. The molecule has 0 N–H and O–H groups in total. The fraction of sp³-hybridized carbons (Fsp3) is 0.222. The Balaban J connectivity index is 2.56. The van der Waals surface area contributed by atoms with Crippen LogP contribution in [0.1, 0.15) is 0 Å². The largest absolute Gasteiger partial charge is 0.406 e. The number of hydrogen-bond acceptors (Lipinski definition) is 1. The third-order valence-corrected chi connectivity index (χ3v) is 2.52. The SMILES string of the molecule is FC(F)(F)Cn1ccc2c(Cl)nc(Cl)cc21. The summed E-state index contributed by atoms with van der Waals surface area (Å²) < 4.78 is 37.8. The summed E-state index contributed by atoms with van der Waals surface area (Å²) in [4.78, 5) is 3.75. The van der Waals surface area contributed by atoms with E-state index in [-0.39, 0.29) is 10.3 Å². The van der Waals surface area contributed by atoms with Crippen LogP contribution in [-0.2, 0) is 6.54 Å². The van der Waals surface area contributed by atoms with Crippen LogP contribution in [0.4, 0.5) is 13.2 Å². The number of alkyl halides is 3. The quantitative estimate of drug-likeness (QED) is 0.718. The van der Waals surface area contributed by atoms with Crippen LogP contribution in [0.5, 0.6) is 0 Å². The molecule has 0 amide bonds. The van der Waals surface area contributed by atoms with Crippen LogP contribution in [0.15, 0.2) is 18.3 Å². The predicted molar refractivity (Wildman–Crippen MR) is 55.8 cm³/mol. The van der Waals surface area contributed by atoms with Crippen molar-refractivity contribution in [3.63, 3.8) is 0 Å². The van der Waals surface area contributed by atoms with E-state index in [0.717, 1.165) is 4.57 Å². The first-order chi connectivity index (χ1) is 7.37. The van der Waals surface area contributed by atoms with Gasteiger partial charge in [-0.3, -0.25) is 0 Å². The maximum absolute atomic E-state index is 12.2. The smallest absolute Gasteiger partial charge is 0.338 e. The number of aromatic nitrogens is 2. The summed E-state index contributed by atoms with van der Waals surface area (Å²) in [6.07, 6.45) is -2.98. The molecule has 0 saturated heterocycles. The van der Waals surface area contributed by atoms with E-state index < -0.39 is 12.7 Å². The van der Waals surface area contributed by atoms with Crippen molar-refractivity contribution >= 4 is 34.1 Å². The van der Waals surface area contributed by atoms with Crippen molar-refractivity contribution in [3.05, 3.63) is 28.6 Å². The fourth-order valence-corrected chi connectivity index (χ4v) is 1.93. The molecule has 0 atom stereocenters. The van der Waals surface area contributed by atoms with Gasteiger partial charge >= 0.3 is 6.18 Å². The van der Waals surface area contributed by atoms with E-state index in [4.69, 9.17) is 23.2 Å². The Bertz CT molecular complexity index is 533. The molecule has 0 aliphatic heterocycles. The van der Waals surface area contributed by atoms with Crippen LogP contribution in [0.25, 0.3) is 10.9 Å². The third-order valence-electron chi connectivity index (χ3n) is 2.04. The molecule has 0 fully saturated rings. The second-order valence-corrected chi connectivity index (χ2v) is 3.97. The van der Waals surface area contributed by atoms with Gasteiger partial charge in [-0.2, -0.15) is 13.2 Å². The van der Waals surface area contributed by atoms with Crippen LogP contribution in [-0.4, -0.2) is 15.7 Å². The summed E-state index contributed by atoms with van der Waals surface area (Å²) in [5.74, 6) is 0. The highest BCUT2D eigenvalue weighted by atomic mass is 35.5. The number of hydrogen-bond donors (Lipinski definition) is 0. The molecule has 2 heterocycles. The van der Waals surface area contributed by atoms with Gasteiger partial charge in [-0.25, -0.2) is 4.98 Å². The van der Waals surface area contributed by atoms with E-state index in [1.165, 1.54) is 18.3 Å². The summed E-state index contributed by atoms with van der Waals surface area (Å²) >= 11 is 11.4. The number of pyridine rings is 1. The van der Waals surface area contributed by atoms with Gasteiger partial charge in [0, 0.05) is 11.6 Å². The number of halogens is 5. The van der Waals surface area contributed by atoms with Crippen molar-refractivity contribution in [3.8, 4) is 0 Å². The minimum Gasteiger partial charge on any atom is -0.338 e. The van der Waals surface area contributed by atoms with Crippen molar-refractivity contribution in [2.75, 3.05) is 0 Å². The molecule has 0 saturated carbocycles. The van der Waals surface area contributed by atoms with Gasteiger partial charge < -0.3 is 4.57 Å². The first-order valence-corrected chi connectivity index (χ1v) is 5.00. The normalized spacial score (nSPS) is 12.3. The van der Waals surface area contributed by atoms with Crippen molar-refractivity contribution in [2.24, 2.45) is 0 Å². The van der Waals surface area contributed by atoms with Crippen molar-refractivity contribution < 1.29 is 13.2 Å². The van der Waals surface area contributed by atoms with Crippen LogP contribution >= 0.6 is 23.2 Å². The minimum atomic E-state index is -4.28. The highest BCUT2D eigenvalue weighted by molar-refractivity contribution is 6.36. The lowest BCUT2D eigenvalue weighted by Gasteiger charge is -2.09. The van der Waals surface area contributed by atoms with Gasteiger partial charge in [0.1, 0.15) is 16.9 Å². The van der Waals surface area contributed by atoms with E-state index >= 15 is 0 Å². The van der Waals surface area contributed by atoms with Crippen LogP contribution < -0.4 is 0 Å². The molecular weight excluding hydrogens is 264 g/mol. The monoisotopic (exact) mass is 268 g/mol. The lowest BCUT2D eigenvalue weighted by Crippen LogP contribution is -2.16. The van der Waals surface area contributed by atoms with E-state index in [0.29, 0.717) is 10.9 Å². The molecule has 7 heteroatoms. The summed E-state index contributed by atoms with van der Waals surface area (Å²) in [5.41, 5.74) is 0.322. The van der Waals surface area contributed by atoms with Crippen LogP contribution in [0.3, 0.4) is 0 Å². The Morgan fingerprint density at radius 1 is 1.31 bits per heavy atom. The van der Waals surface area contributed by atoms with Crippen molar-refractivity contribution in [1.29, 1.82) is 0 Å². The number of nitrogens with zero attached hydrogens (tertiary/aromatic N) is 2. The summed E-state index contributed by atoms with van der Waals surface area (Å²) in [7, 11) is 0. The molecule has 0 aliphatic carbocycles. The molecule has 2 aromatic rings. The maximum Gasteiger partial charge on any atom is 0.406 e. The first kappa shape index (κ1) is 11.5. The zero-order valence-corrected chi connectivity index (χ0v) is 9.24. The summed E-state index contributed by atoms with van der Waals surface area (Å²) in [5, 5.41) is 0.623. The predicted octanol–water partition coefficient (Wildman–Crippen LogP) is 3.91. The van der Waals surface area contributed by atoms with Crippen molar-refractivity contribution in [1.82, 2.24) is 9.55 Å². The molecule has 0 spiro atoms. The molecule has 0 aliphatic rings. The van der Waals surface area contributed by atoms with Gasteiger partial charge in [0.15, 0.2) is 0 Å². The summed E-state index contributed by atoms with van der Waals surface area (Å²) in [6, 6.07) is 2.83. The second-order valence-electron chi connectivity index (χ2n) is 3.23. The molecule has 0 radical (unpaired) electrons. The van der Waals surface area contributed by atoms with Gasteiger partial charge in [-0.05, 0) is 12.1 Å². The lowest BCUT2D eigenvalue weighted by molar-refractivity contribution is -0.139. The highest BCUT2D eigenvalue weighted by Gasteiger charge is 2.28. The van der Waals surface area contributed by atoms with Gasteiger partial charge in [0.25, 0.3) is 0 Å². The molecule has 0 bridgehead atoms. The lowest BCUT2D eigenvalue weighted by atomic mass is 10.3. The Hall–Kier alpha value is -0.940. The van der Waals surface area contributed by atoms with Crippen LogP contribution in [0, 0.1) is 0 Å². The molecule has 2 nitrogen and oxygen atoms in total. The molecular formula is C9H5Cl2F3N2. The molecule has 0 aromatic carbocycles. The zero-order valence-electron chi connectivity index (χ0n) is 7.72. The van der Waals surface area contributed by atoms with E-state index in [2.05, 4.69) is 4.98 Å². The zero-order chi connectivity index (χ0) is 11.9. The van der Waals surface area contributed by atoms with E-state index in [1.807, 2.05) is 0 Å². The standard InChI is InChI=1S/C9H5Cl2F3N2/c10-7-3-6-5(8(11)15-7)1-2-16(6)4-9(12,13)14/h1-3H,4H2. The molecule has 16 heavy (non-hydrogen) atoms. The third kappa shape index (κ3) is 2.25. The topological polar surface area (TPSA) is 17.8 Å². The Labute approximate surface area is 98.6 Å². The number of fused-ring (bicyclic) bond motifs is 1.